The molecule has 1 fully saturated rings. The number of aryl methyl sites for hydroxylation is 1. The van der Waals surface area contributed by atoms with Crippen LogP contribution in [-0.4, -0.2) is 38.8 Å². The number of ether oxygens (including phenoxy) is 1. The predicted octanol–water partition coefficient (Wildman–Crippen LogP) is 3.92. The molecule has 6 nitrogen and oxygen atoms in total. The highest BCUT2D eigenvalue weighted by molar-refractivity contribution is 7.89. The molecule has 0 saturated heterocycles. The van der Waals surface area contributed by atoms with Gasteiger partial charge in [0.25, 0.3) is 5.91 Å². The molecule has 2 aromatic rings. The lowest BCUT2D eigenvalue weighted by molar-refractivity contribution is 0.0931. The van der Waals surface area contributed by atoms with Crippen LogP contribution in [0.4, 0.5) is 0 Å². The van der Waals surface area contributed by atoms with Crippen molar-refractivity contribution in [2.24, 2.45) is 5.92 Å². The summed E-state index contributed by atoms with van der Waals surface area (Å²) in [5, 5.41) is 3.12. The van der Waals surface area contributed by atoms with Crippen LogP contribution in [0.5, 0.6) is 5.75 Å². The topological polar surface area (TPSA) is 75.7 Å². The van der Waals surface area contributed by atoms with Gasteiger partial charge >= 0.3 is 0 Å². The summed E-state index contributed by atoms with van der Waals surface area (Å²) in [5.41, 5.74) is 2.54. The van der Waals surface area contributed by atoms with Gasteiger partial charge in [-0.2, -0.15) is 4.31 Å². The van der Waals surface area contributed by atoms with Gasteiger partial charge in [-0.05, 0) is 49.4 Å². The zero-order valence-corrected chi connectivity index (χ0v) is 18.8. The number of nitrogens with one attached hydrogen (secondary N) is 1. The first-order chi connectivity index (χ1) is 14.3. The van der Waals surface area contributed by atoms with Crippen molar-refractivity contribution in [2.45, 2.75) is 44.6 Å². The Labute approximate surface area is 179 Å². The van der Waals surface area contributed by atoms with Crippen LogP contribution in [0, 0.1) is 12.8 Å². The Bertz CT molecular complexity index is 994. The van der Waals surface area contributed by atoms with Crippen LogP contribution < -0.4 is 10.1 Å². The molecule has 30 heavy (non-hydrogen) atoms. The molecule has 1 atom stereocenters. The van der Waals surface area contributed by atoms with Gasteiger partial charge < -0.3 is 10.1 Å². The Balaban J connectivity index is 1.91. The molecule has 1 amide bonds. The second-order valence-electron chi connectivity index (χ2n) is 7.65. The number of rotatable bonds is 9. The maximum absolute atomic E-state index is 13.1. The number of benzene rings is 2. The summed E-state index contributed by atoms with van der Waals surface area (Å²) in [6.45, 7) is 6.28. The first kappa shape index (κ1) is 22.3. The van der Waals surface area contributed by atoms with Crippen LogP contribution in [0.3, 0.4) is 0 Å². The van der Waals surface area contributed by atoms with Crippen LogP contribution in [0.1, 0.15) is 54.2 Å². The van der Waals surface area contributed by atoms with E-state index in [1.54, 1.807) is 26.0 Å². The van der Waals surface area contributed by atoms with Crippen molar-refractivity contribution >= 4 is 15.9 Å². The molecule has 0 spiro atoms. The van der Waals surface area contributed by atoms with Crippen LogP contribution in [-0.2, 0) is 10.0 Å². The van der Waals surface area contributed by atoms with Crippen molar-refractivity contribution in [3.63, 3.8) is 0 Å². The number of hydrogen-bond donors (Lipinski definition) is 1. The molecule has 0 heterocycles. The molecule has 0 bridgehead atoms. The van der Waals surface area contributed by atoms with E-state index in [0.29, 0.717) is 24.6 Å². The Morgan fingerprint density at radius 2 is 1.77 bits per heavy atom. The molecule has 3 rings (SSSR count). The summed E-state index contributed by atoms with van der Waals surface area (Å²) >= 11 is 0. The van der Waals surface area contributed by atoms with Gasteiger partial charge in [0.15, 0.2) is 0 Å². The van der Waals surface area contributed by atoms with Crippen LogP contribution >= 0.6 is 0 Å². The molecule has 7 heteroatoms. The van der Waals surface area contributed by atoms with Crippen molar-refractivity contribution in [2.75, 3.05) is 20.2 Å². The van der Waals surface area contributed by atoms with E-state index in [9.17, 15) is 13.2 Å². The molecule has 2 aromatic carbocycles. The minimum atomic E-state index is -3.76. The van der Waals surface area contributed by atoms with Gasteiger partial charge in [0.1, 0.15) is 10.6 Å². The fourth-order valence-electron chi connectivity index (χ4n) is 3.62. The van der Waals surface area contributed by atoms with Gasteiger partial charge in [-0.1, -0.05) is 43.7 Å². The maximum atomic E-state index is 13.1. The van der Waals surface area contributed by atoms with Gasteiger partial charge in [0.05, 0.1) is 13.2 Å². The molecule has 162 valence electrons. The number of nitrogens with zero attached hydrogens (tertiary/aromatic N) is 1. The van der Waals surface area contributed by atoms with Crippen LogP contribution in [0.25, 0.3) is 0 Å². The number of carbonyl (C=O) groups is 1. The van der Waals surface area contributed by atoms with Gasteiger partial charge in [0.2, 0.25) is 10.0 Å². The Kier molecular flexibility index (Phi) is 6.83. The van der Waals surface area contributed by atoms with E-state index in [2.05, 4.69) is 5.32 Å². The number of methoxy groups -OCH3 is 1. The normalized spacial score (nSPS) is 15.1. The Morgan fingerprint density at radius 3 is 2.30 bits per heavy atom. The number of carbonyl (C=O) groups excluding carboxylic acids is 1. The number of sulfonamides is 1. The second-order valence-corrected chi connectivity index (χ2v) is 9.56. The molecular weight excluding hydrogens is 400 g/mol. The first-order valence-corrected chi connectivity index (χ1v) is 11.8. The smallest absolute Gasteiger partial charge is 0.251 e. The van der Waals surface area contributed by atoms with Crippen LogP contribution in [0.2, 0.25) is 0 Å². The van der Waals surface area contributed by atoms with Gasteiger partial charge in [-0.25, -0.2) is 8.42 Å². The molecule has 1 unspecified atom stereocenters. The third-order valence-electron chi connectivity index (χ3n) is 5.57. The summed E-state index contributed by atoms with van der Waals surface area (Å²) in [6, 6.07) is 12.7. The zero-order valence-electron chi connectivity index (χ0n) is 18.0. The summed E-state index contributed by atoms with van der Waals surface area (Å²) in [6.07, 6.45) is 2.14. The maximum Gasteiger partial charge on any atom is 0.251 e. The summed E-state index contributed by atoms with van der Waals surface area (Å²) in [5.74, 6) is 0.357. The number of hydrogen-bond acceptors (Lipinski definition) is 4. The minimum absolute atomic E-state index is 0.0136. The fraction of sp³-hybridized carbons (Fsp3) is 0.435. The first-order valence-electron chi connectivity index (χ1n) is 10.4. The summed E-state index contributed by atoms with van der Waals surface area (Å²) in [4.78, 5) is 13.1. The lowest BCUT2D eigenvalue weighted by atomic mass is 10.0. The van der Waals surface area contributed by atoms with Crippen molar-refractivity contribution in [1.29, 1.82) is 0 Å². The van der Waals surface area contributed by atoms with E-state index in [-0.39, 0.29) is 22.6 Å². The highest BCUT2D eigenvalue weighted by Gasteiger charge is 2.34. The van der Waals surface area contributed by atoms with E-state index in [1.807, 2.05) is 31.2 Å². The average molecular weight is 431 g/mol. The van der Waals surface area contributed by atoms with E-state index < -0.39 is 10.0 Å². The SMILES string of the molecule is CCN(CC)S(=O)(=O)c1cc(C(=O)NC(c2ccc(C)cc2)C2CC2)ccc1OC. The zero-order chi connectivity index (χ0) is 21.9. The molecule has 0 radical (unpaired) electrons. The van der Waals surface area contributed by atoms with E-state index >= 15 is 0 Å². The van der Waals surface area contributed by atoms with E-state index in [1.165, 1.54) is 23.0 Å². The van der Waals surface area contributed by atoms with Gasteiger partial charge in [-0.3, -0.25) is 4.79 Å². The highest BCUT2D eigenvalue weighted by atomic mass is 32.2. The largest absolute Gasteiger partial charge is 0.495 e. The average Bonchev–Trinajstić information content (AvgIpc) is 3.58. The Morgan fingerprint density at radius 1 is 1.13 bits per heavy atom. The monoisotopic (exact) mass is 430 g/mol. The van der Waals surface area contributed by atoms with E-state index in [0.717, 1.165) is 18.4 Å². The van der Waals surface area contributed by atoms with Crippen molar-refractivity contribution < 1.29 is 17.9 Å². The highest BCUT2D eigenvalue weighted by Crippen LogP contribution is 2.41. The van der Waals surface area contributed by atoms with Crippen molar-refractivity contribution in [3.8, 4) is 5.75 Å². The Hall–Kier alpha value is -2.38. The molecule has 1 N–H and O–H groups in total. The lowest BCUT2D eigenvalue weighted by Gasteiger charge is -2.22. The third-order valence-corrected chi connectivity index (χ3v) is 7.64. The molecule has 0 aliphatic heterocycles. The van der Waals surface area contributed by atoms with Crippen molar-refractivity contribution in [3.05, 3.63) is 59.2 Å². The number of amides is 1. The fourth-order valence-corrected chi connectivity index (χ4v) is 5.26. The van der Waals surface area contributed by atoms with Crippen molar-refractivity contribution in [1.82, 2.24) is 9.62 Å². The standard InChI is InChI=1S/C23H30N2O4S/c1-5-25(6-2)30(27,28)21-15-19(13-14-20(21)29-4)23(26)24-22(18-11-12-18)17-9-7-16(3)8-10-17/h7-10,13-15,18,22H,5-6,11-12H2,1-4H3,(H,24,26). The second kappa shape index (κ2) is 9.18. The van der Waals surface area contributed by atoms with Gasteiger partial charge in [-0.15, -0.1) is 0 Å². The predicted molar refractivity (Wildman–Crippen MR) is 117 cm³/mol. The summed E-state index contributed by atoms with van der Waals surface area (Å²) < 4.78 is 32.7. The van der Waals surface area contributed by atoms with E-state index in [4.69, 9.17) is 4.74 Å². The third kappa shape index (κ3) is 4.68. The molecule has 0 aromatic heterocycles. The molecule has 1 aliphatic rings. The van der Waals surface area contributed by atoms with Gasteiger partial charge in [0, 0.05) is 18.7 Å². The molecular formula is C23H30N2O4S. The molecule has 1 saturated carbocycles. The molecule has 1 aliphatic carbocycles. The minimum Gasteiger partial charge on any atom is -0.495 e. The lowest BCUT2D eigenvalue weighted by Crippen LogP contribution is -2.32. The summed E-state index contributed by atoms with van der Waals surface area (Å²) in [7, 11) is -2.33. The van der Waals surface area contributed by atoms with Crippen LogP contribution in [0.15, 0.2) is 47.4 Å². The quantitative estimate of drug-likeness (QED) is 0.654.